The minimum atomic E-state index is -3.94. The molecule has 0 spiro atoms. The van der Waals surface area contributed by atoms with Gasteiger partial charge < -0.3 is 19.7 Å². The topological polar surface area (TPSA) is 97.0 Å². The standard InChI is InChI=1S/C23H30FN3O5S/c1-15-12-25-16(2)14-32-21-11-18(26-33(29,30)19-8-5-17(24)6-9-19)7-10-20(21)23(28)27(3)13-22(15)31-4/h5-11,15-16,22,25-26H,12-14H2,1-4H3/t15-,16-,22-/m0/s1. The Labute approximate surface area is 194 Å². The van der Waals surface area contributed by atoms with Crippen molar-refractivity contribution in [3.05, 3.63) is 53.8 Å². The zero-order valence-electron chi connectivity index (χ0n) is 19.2. The lowest BCUT2D eigenvalue weighted by atomic mass is 10.0. The zero-order chi connectivity index (χ0) is 24.2. The molecule has 3 atom stereocenters. The Morgan fingerprint density at radius 2 is 1.88 bits per heavy atom. The van der Waals surface area contributed by atoms with Gasteiger partial charge in [-0.15, -0.1) is 0 Å². The number of sulfonamides is 1. The molecule has 0 aliphatic carbocycles. The van der Waals surface area contributed by atoms with Crippen LogP contribution >= 0.6 is 0 Å². The average molecular weight is 480 g/mol. The highest BCUT2D eigenvalue weighted by molar-refractivity contribution is 7.92. The molecular weight excluding hydrogens is 449 g/mol. The Hall–Kier alpha value is -2.69. The fraction of sp³-hybridized carbons (Fsp3) is 0.435. The van der Waals surface area contributed by atoms with Gasteiger partial charge in [0.15, 0.2) is 0 Å². The number of nitrogens with zero attached hydrogens (tertiary/aromatic N) is 1. The van der Waals surface area contributed by atoms with Crippen LogP contribution in [0.25, 0.3) is 0 Å². The Morgan fingerprint density at radius 3 is 2.55 bits per heavy atom. The summed E-state index contributed by atoms with van der Waals surface area (Å²) in [5, 5.41) is 3.40. The number of halogens is 1. The van der Waals surface area contributed by atoms with E-state index in [4.69, 9.17) is 9.47 Å². The maximum absolute atomic E-state index is 13.2. The van der Waals surface area contributed by atoms with Crippen molar-refractivity contribution >= 4 is 21.6 Å². The lowest BCUT2D eigenvalue weighted by Gasteiger charge is -2.30. The van der Waals surface area contributed by atoms with Gasteiger partial charge >= 0.3 is 0 Å². The molecule has 33 heavy (non-hydrogen) atoms. The summed E-state index contributed by atoms with van der Waals surface area (Å²) < 4.78 is 52.5. The van der Waals surface area contributed by atoms with Crippen LogP contribution in [-0.2, 0) is 14.8 Å². The molecule has 1 amide bonds. The average Bonchev–Trinajstić information content (AvgIpc) is 2.78. The molecule has 1 aliphatic rings. The summed E-state index contributed by atoms with van der Waals surface area (Å²) >= 11 is 0. The third-order valence-corrected chi connectivity index (χ3v) is 7.00. The lowest BCUT2D eigenvalue weighted by Crippen LogP contribution is -2.44. The molecule has 0 saturated carbocycles. The highest BCUT2D eigenvalue weighted by Gasteiger charge is 2.26. The Kier molecular flexibility index (Phi) is 7.93. The van der Waals surface area contributed by atoms with Gasteiger partial charge in [0.25, 0.3) is 15.9 Å². The van der Waals surface area contributed by atoms with E-state index >= 15 is 0 Å². The number of carbonyl (C=O) groups is 1. The first-order valence-electron chi connectivity index (χ1n) is 10.7. The Bertz CT molecular complexity index is 1080. The summed E-state index contributed by atoms with van der Waals surface area (Å²) in [7, 11) is -0.622. The monoisotopic (exact) mass is 479 g/mol. The van der Waals surface area contributed by atoms with Crippen molar-refractivity contribution in [2.45, 2.75) is 30.9 Å². The van der Waals surface area contributed by atoms with Crippen LogP contribution in [0.15, 0.2) is 47.4 Å². The number of hydrogen-bond donors (Lipinski definition) is 2. The molecule has 8 nitrogen and oxygen atoms in total. The molecule has 1 aliphatic heterocycles. The van der Waals surface area contributed by atoms with E-state index in [-0.39, 0.29) is 46.9 Å². The fourth-order valence-electron chi connectivity index (χ4n) is 3.55. The van der Waals surface area contributed by atoms with Crippen molar-refractivity contribution in [2.75, 3.05) is 38.6 Å². The van der Waals surface area contributed by atoms with E-state index in [0.717, 1.165) is 12.1 Å². The summed E-state index contributed by atoms with van der Waals surface area (Å²) in [5.74, 6) is -0.344. The third-order valence-electron chi connectivity index (χ3n) is 5.60. The van der Waals surface area contributed by atoms with E-state index < -0.39 is 15.8 Å². The number of rotatable bonds is 4. The predicted molar refractivity (Wildman–Crippen MR) is 124 cm³/mol. The first kappa shape index (κ1) is 24.9. The highest BCUT2D eigenvalue weighted by atomic mass is 32.2. The number of benzene rings is 2. The van der Waals surface area contributed by atoms with Crippen molar-refractivity contribution in [1.82, 2.24) is 10.2 Å². The number of ether oxygens (including phenoxy) is 2. The first-order valence-corrected chi connectivity index (χ1v) is 12.2. The molecule has 2 aromatic rings. The molecule has 2 N–H and O–H groups in total. The van der Waals surface area contributed by atoms with Gasteiger partial charge in [-0.3, -0.25) is 9.52 Å². The summed E-state index contributed by atoms with van der Waals surface area (Å²) in [6.07, 6.45) is -0.149. The van der Waals surface area contributed by atoms with Crippen molar-refractivity contribution in [1.29, 1.82) is 0 Å². The van der Waals surface area contributed by atoms with Crippen LogP contribution in [0.1, 0.15) is 24.2 Å². The number of hydrogen-bond acceptors (Lipinski definition) is 6. The Morgan fingerprint density at radius 1 is 1.18 bits per heavy atom. The number of methoxy groups -OCH3 is 1. The van der Waals surface area contributed by atoms with E-state index in [1.807, 2.05) is 6.92 Å². The number of anilines is 1. The van der Waals surface area contributed by atoms with Crippen LogP contribution < -0.4 is 14.8 Å². The van der Waals surface area contributed by atoms with E-state index in [1.165, 1.54) is 30.3 Å². The summed E-state index contributed by atoms with van der Waals surface area (Å²) in [5.41, 5.74) is 0.544. The molecule has 0 unspecified atom stereocenters. The van der Waals surface area contributed by atoms with Crippen LogP contribution in [0.5, 0.6) is 5.75 Å². The number of carbonyl (C=O) groups excluding carboxylic acids is 1. The molecule has 2 aromatic carbocycles. The third kappa shape index (κ3) is 6.21. The van der Waals surface area contributed by atoms with Gasteiger partial charge in [0.1, 0.15) is 18.2 Å². The number of amides is 1. The van der Waals surface area contributed by atoms with Crippen LogP contribution in [0, 0.1) is 11.7 Å². The molecule has 180 valence electrons. The van der Waals surface area contributed by atoms with Gasteiger partial charge in [0.2, 0.25) is 0 Å². The van der Waals surface area contributed by atoms with Crippen LogP contribution in [0.4, 0.5) is 10.1 Å². The highest BCUT2D eigenvalue weighted by Crippen LogP contribution is 2.27. The van der Waals surface area contributed by atoms with Crippen LogP contribution in [0.2, 0.25) is 0 Å². The van der Waals surface area contributed by atoms with E-state index in [1.54, 1.807) is 19.1 Å². The molecule has 0 aromatic heterocycles. The quantitative estimate of drug-likeness (QED) is 0.700. The summed E-state index contributed by atoms with van der Waals surface area (Å²) in [6.45, 7) is 5.39. The number of fused-ring (bicyclic) bond motifs is 1. The maximum atomic E-state index is 13.2. The van der Waals surface area contributed by atoms with Crippen LogP contribution in [-0.4, -0.2) is 65.2 Å². The van der Waals surface area contributed by atoms with Crippen molar-refractivity contribution < 1.29 is 27.1 Å². The SMILES string of the molecule is CO[C@H]1CN(C)C(=O)c2ccc(NS(=O)(=O)c3ccc(F)cc3)cc2OC[C@H](C)NC[C@@H]1C. The molecule has 10 heteroatoms. The molecule has 3 rings (SSSR count). The van der Waals surface area contributed by atoms with Gasteiger partial charge in [0.05, 0.1) is 22.3 Å². The lowest BCUT2D eigenvalue weighted by molar-refractivity contribution is 0.0281. The second kappa shape index (κ2) is 10.5. The van der Waals surface area contributed by atoms with Gasteiger partial charge in [-0.1, -0.05) is 6.92 Å². The molecule has 0 radical (unpaired) electrons. The minimum Gasteiger partial charge on any atom is -0.491 e. The fourth-order valence-corrected chi connectivity index (χ4v) is 4.60. The molecular formula is C23H30FN3O5S. The molecule has 0 fully saturated rings. The first-order chi connectivity index (χ1) is 15.6. The van der Waals surface area contributed by atoms with Gasteiger partial charge in [-0.25, -0.2) is 12.8 Å². The van der Waals surface area contributed by atoms with Gasteiger partial charge in [-0.2, -0.15) is 0 Å². The van der Waals surface area contributed by atoms with Gasteiger partial charge in [0, 0.05) is 39.4 Å². The minimum absolute atomic E-state index is 0.00960. The maximum Gasteiger partial charge on any atom is 0.261 e. The molecule has 0 saturated heterocycles. The van der Waals surface area contributed by atoms with Crippen molar-refractivity contribution in [3.63, 3.8) is 0 Å². The predicted octanol–water partition coefficient (Wildman–Crippen LogP) is 2.72. The van der Waals surface area contributed by atoms with E-state index in [0.29, 0.717) is 18.7 Å². The number of nitrogens with one attached hydrogen (secondary N) is 2. The summed E-state index contributed by atoms with van der Waals surface area (Å²) in [4.78, 5) is 14.6. The van der Waals surface area contributed by atoms with E-state index in [2.05, 4.69) is 17.0 Å². The normalized spacial score (nSPS) is 22.5. The number of likely N-dealkylation sites (N-methyl/N-ethyl adjacent to an activating group) is 1. The molecule has 0 bridgehead atoms. The van der Waals surface area contributed by atoms with Crippen molar-refractivity contribution in [3.8, 4) is 5.75 Å². The van der Waals surface area contributed by atoms with E-state index in [9.17, 15) is 17.6 Å². The zero-order valence-corrected chi connectivity index (χ0v) is 20.0. The van der Waals surface area contributed by atoms with Crippen LogP contribution in [0.3, 0.4) is 0 Å². The van der Waals surface area contributed by atoms with Crippen molar-refractivity contribution in [2.24, 2.45) is 5.92 Å². The smallest absolute Gasteiger partial charge is 0.261 e. The molecule has 1 heterocycles. The largest absolute Gasteiger partial charge is 0.491 e. The van der Waals surface area contributed by atoms with Gasteiger partial charge in [-0.05, 0) is 49.2 Å². The Balaban J connectivity index is 1.91. The second-order valence-corrected chi connectivity index (χ2v) is 10.0. The summed E-state index contributed by atoms with van der Waals surface area (Å²) in [6, 6.07) is 9.02. The second-order valence-electron chi connectivity index (χ2n) is 8.33.